The van der Waals surface area contributed by atoms with Gasteiger partial charge in [0, 0.05) is 32.0 Å². The Morgan fingerprint density at radius 2 is 1.65 bits per heavy atom. The van der Waals surface area contributed by atoms with Crippen molar-refractivity contribution in [2.24, 2.45) is 5.92 Å². The summed E-state index contributed by atoms with van der Waals surface area (Å²) in [4.78, 5) is 29.1. The molecule has 2 amide bonds. The summed E-state index contributed by atoms with van der Waals surface area (Å²) in [6, 6.07) is 23.8. The molecule has 0 aromatic heterocycles. The summed E-state index contributed by atoms with van der Waals surface area (Å²) in [6.07, 6.45) is 0.502. The third-order valence-corrected chi connectivity index (χ3v) is 9.38. The largest absolute Gasteiger partial charge is 0.492 e. The number of carbonyl (C=O) groups excluding carboxylic acids is 2. The van der Waals surface area contributed by atoms with Gasteiger partial charge in [0.25, 0.3) is 0 Å². The molecule has 0 radical (unpaired) electrons. The van der Waals surface area contributed by atoms with E-state index in [1.807, 2.05) is 85.8 Å². The van der Waals surface area contributed by atoms with E-state index in [4.69, 9.17) is 14.2 Å². The molecule has 1 saturated heterocycles. The lowest BCUT2D eigenvalue weighted by molar-refractivity contribution is -0.127. The fraction of sp³-hybridized carbons (Fsp3) is 0.487. The van der Waals surface area contributed by atoms with Gasteiger partial charge < -0.3 is 35.1 Å². The van der Waals surface area contributed by atoms with E-state index in [9.17, 15) is 19.8 Å². The Kier molecular flexibility index (Phi) is 13.9. The predicted octanol–water partition coefficient (Wildman–Crippen LogP) is 4.22. The van der Waals surface area contributed by atoms with Gasteiger partial charge in [0.2, 0.25) is 5.91 Å². The molecule has 5 atom stereocenters. The number of unbranched alkanes of at least 4 members (excludes halogenated alkanes) is 1. The van der Waals surface area contributed by atoms with Gasteiger partial charge in [0.1, 0.15) is 12.4 Å². The Labute approximate surface area is 289 Å². The average Bonchev–Trinajstić information content (AvgIpc) is 3.43. The van der Waals surface area contributed by atoms with Crippen molar-refractivity contribution in [2.75, 3.05) is 46.1 Å². The zero-order chi connectivity index (χ0) is 34.4. The van der Waals surface area contributed by atoms with Crippen LogP contribution in [0.2, 0.25) is 0 Å². The van der Waals surface area contributed by atoms with Gasteiger partial charge in [-0.05, 0) is 60.1 Å². The summed E-state index contributed by atoms with van der Waals surface area (Å²) in [7, 11) is 0. The van der Waals surface area contributed by atoms with Crippen molar-refractivity contribution in [1.29, 1.82) is 0 Å². The first-order chi connectivity index (χ1) is 23.9. The highest BCUT2D eigenvalue weighted by atomic mass is 16.5. The molecule has 264 valence electrons. The molecule has 5 rings (SSSR count). The van der Waals surface area contributed by atoms with Gasteiger partial charge >= 0.3 is 6.09 Å². The number of hydrogen-bond donors (Lipinski definition) is 4. The molecular weight excluding hydrogens is 622 g/mol. The van der Waals surface area contributed by atoms with Crippen molar-refractivity contribution in [2.45, 2.75) is 69.7 Å². The van der Waals surface area contributed by atoms with Crippen LogP contribution in [0.4, 0.5) is 4.79 Å². The number of nitrogens with zero attached hydrogens (tertiary/aromatic N) is 1. The van der Waals surface area contributed by atoms with Crippen molar-refractivity contribution in [3.63, 3.8) is 0 Å². The number of rotatable bonds is 17. The summed E-state index contributed by atoms with van der Waals surface area (Å²) in [5, 5.41) is 28.5. The van der Waals surface area contributed by atoms with Gasteiger partial charge in [-0.2, -0.15) is 0 Å². The molecule has 0 spiro atoms. The number of nitrogens with one attached hydrogen (secondary N) is 2. The van der Waals surface area contributed by atoms with E-state index >= 15 is 0 Å². The molecule has 3 unspecified atom stereocenters. The first-order valence-corrected chi connectivity index (χ1v) is 17.6. The molecule has 3 aromatic carbocycles. The highest BCUT2D eigenvalue weighted by molar-refractivity contribution is 5.80. The van der Waals surface area contributed by atoms with Crippen LogP contribution in [-0.4, -0.2) is 91.4 Å². The molecule has 1 fully saturated rings. The third-order valence-electron chi connectivity index (χ3n) is 9.38. The normalized spacial score (nSPS) is 19.3. The van der Waals surface area contributed by atoms with E-state index < -0.39 is 36.3 Å². The van der Waals surface area contributed by atoms with Crippen LogP contribution in [0.15, 0.2) is 78.9 Å². The Bertz CT molecular complexity index is 1450. The van der Waals surface area contributed by atoms with Crippen molar-refractivity contribution in [3.05, 3.63) is 101 Å². The maximum absolute atomic E-state index is 14.0. The van der Waals surface area contributed by atoms with Gasteiger partial charge in [-0.1, -0.05) is 80.1 Å². The van der Waals surface area contributed by atoms with Crippen LogP contribution in [0.1, 0.15) is 54.5 Å². The first-order valence-electron chi connectivity index (χ1n) is 17.6. The molecule has 10 heteroatoms. The number of hydrogen-bond acceptors (Lipinski definition) is 8. The van der Waals surface area contributed by atoms with Gasteiger partial charge in [-0.25, -0.2) is 4.79 Å². The molecule has 1 aliphatic carbocycles. The third kappa shape index (κ3) is 11.0. The summed E-state index contributed by atoms with van der Waals surface area (Å²) < 4.78 is 16.8. The van der Waals surface area contributed by atoms with Crippen molar-refractivity contribution >= 4 is 12.0 Å². The van der Waals surface area contributed by atoms with E-state index in [-0.39, 0.29) is 12.3 Å². The van der Waals surface area contributed by atoms with Gasteiger partial charge in [-0.15, -0.1) is 0 Å². The zero-order valence-electron chi connectivity index (χ0n) is 28.5. The predicted molar refractivity (Wildman–Crippen MR) is 187 cm³/mol. The lowest BCUT2D eigenvalue weighted by Gasteiger charge is -2.28. The summed E-state index contributed by atoms with van der Waals surface area (Å²) in [6.45, 7) is 7.01. The van der Waals surface area contributed by atoms with Crippen LogP contribution in [0.25, 0.3) is 0 Å². The topological polar surface area (TPSA) is 130 Å². The minimum absolute atomic E-state index is 0.0842. The lowest BCUT2D eigenvalue weighted by Crippen LogP contribution is -2.47. The molecule has 10 nitrogen and oxygen atoms in total. The molecular formula is C39H51N3O7. The molecule has 3 aromatic rings. The van der Waals surface area contributed by atoms with E-state index in [1.165, 1.54) is 0 Å². The minimum atomic E-state index is -1.06. The molecule has 1 aliphatic heterocycles. The van der Waals surface area contributed by atoms with Crippen LogP contribution in [-0.2, 0) is 33.5 Å². The second-order valence-electron chi connectivity index (χ2n) is 13.0. The standard InChI is InChI=1S/C39H51N3O7/c1-2-3-20-49-39(46)40-34(25-28-9-5-4-6-10-28)35(43)27-31(38(45)41-37-33-12-8-7-11-30(33)26-36(37)44)24-29-13-15-32(16-14-29)48-23-19-42-17-21-47-22-18-42/h4-16,31,34-37,43-44H,2-3,17-27H2,1H3,(H,40,46)(H,41,45)/t31?,34?,35?,36-,37-/m0/s1. The number of alkyl carbamates (subject to hydrolysis) is 1. The Morgan fingerprint density at radius 3 is 2.41 bits per heavy atom. The molecule has 0 saturated carbocycles. The minimum Gasteiger partial charge on any atom is -0.492 e. The van der Waals surface area contributed by atoms with E-state index in [1.54, 1.807) is 0 Å². The summed E-state index contributed by atoms with van der Waals surface area (Å²) >= 11 is 0. The Morgan fingerprint density at radius 1 is 0.939 bits per heavy atom. The highest BCUT2D eigenvalue weighted by Crippen LogP contribution is 2.32. The van der Waals surface area contributed by atoms with Crippen LogP contribution < -0.4 is 15.4 Å². The average molecular weight is 674 g/mol. The smallest absolute Gasteiger partial charge is 0.407 e. The van der Waals surface area contributed by atoms with Crippen LogP contribution in [0.5, 0.6) is 5.75 Å². The Hall–Kier alpha value is -3.96. The molecule has 0 bridgehead atoms. The number of morpholine rings is 1. The van der Waals surface area contributed by atoms with E-state index in [0.717, 1.165) is 73.7 Å². The van der Waals surface area contributed by atoms with E-state index in [0.29, 0.717) is 32.5 Å². The van der Waals surface area contributed by atoms with Crippen molar-refractivity contribution in [1.82, 2.24) is 15.5 Å². The monoisotopic (exact) mass is 673 g/mol. The van der Waals surface area contributed by atoms with Crippen molar-refractivity contribution in [3.8, 4) is 5.75 Å². The van der Waals surface area contributed by atoms with E-state index in [2.05, 4.69) is 15.5 Å². The molecule has 2 aliphatic rings. The molecule has 49 heavy (non-hydrogen) atoms. The second-order valence-corrected chi connectivity index (χ2v) is 13.0. The summed E-state index contributed by atoms with van der Waals surface area (Å²) in [5.41, 5.74) is 3.76. The summed E-state index contributed by atoms with van der Waals surface area (Å²) in [5.74, 6) is -0.175. The van der Waals surface area contributed by atoms with Crippen LogP contribution in [0.3, 0.4) is 0 Å². The van der Waals surface area contributed by atoms with Crippen LogP contribution >= 0.6 is 0 Å². The maximum Gasteiger partial charge on any atom is 0.407 e. The number of aliphatic hydroxyl groups excluding tert-OH is 2. The second kappa shape index (κ2) is 18.7. The number of amides is 2. The van der Waals surface area contributed by atoms with Crippen molar-refractivity contribution < 1.29 is 34.0 Å². The quantitative estimate of drug-likeness (QED) is 0.157. The number of benzene rings is 3. The lowest BCUT2D eigenvalue weighted by atomic mass is 9.88. The van der Waals surface area contributed by atoms with Crippen LogP contribution in [0, 0.1) is 5.92 Å². The fourth-order valence-corrected chi connectivity index (χ4v) is 6.54. The number of ether oxygens (including phenoxy) is 3. The van der Waals surface area contributed by atoms with Gasteiger partial charge in [0.15, 0.2) is 0 Å². The SMILES string of the molecule is CCCCOC(=O)NC(Cc1ccccc1)C(O)CC(Cc1ccc(OCCN2CCOCC2)cc1)C(=O)N[C@H]1c2ccccc2C[C@@H]1O. The number of carbonyl (C=O) groups is 2. The number of aliphatic hydroxyl groups is 2. The molecule has 4 N–H and O–H groups in total. The Balaban J connectivity index is 1.29. The van der Waals surface area contributed by atoms with Gasteiger partial charge in [0.05, 0.1) is 44.1 Å². The zero-order valence-corrected chi connectivity index (χ0v) is 28.5. The fourth-order valence-electron chi connectivity index (χ4n) is 6.54. The first kappa shape index (κ1) is 36.3. The maximum atomic E-state index is 14.0. The van der Waals surface area contributed by atoms with Gasteiger partial charge in [-0.3, -0.25) is 9.69 Å². The molecule has 1 heterocycles. The highest BCUT2D eigenvalue weighted by Gasteiger charge is 2.35. The number of fused-ring (bicyclic) bond motifs is 1.